The van der Waals surface area contributed by atoms with Crippen LogP contribution in [0.4, 0.5) is 0 Å². The number of hydrogen-bond acceptors (Lipinski definition) is 4. The van der Waals surface area contributed by atoms with Crippen LogP contribution in [0.15, 0.2) is 37.2 Å². The molecule has 0 aromatic carbocycles. The van der Waals surface area contributed by atoms with Crippen molar-refractivity contribution in [2.75, 3.05) is 13.6 Å². The van der Waals surface area contributed by atoms with E-state index in [0.717, 1.165) is 18.5 Å². The van der Waals surface area contributed by atoms with Gasteiger partial charge in [0.1, 0.15) is 6.33 Å². The van der Waals surface area contributed by atoms with E-state index < -0.39 is 0 Å². The molecule has 1 N–H and O–H groups in total. The molecule has 0 fully saturated rings. The Morgan fingerprint density at radius 3 is 2.82 bits per heavy atom. The molecule has 0 bridgehead atoms. The molecule has 2 heterocycles. The second kappa shape index (κ2) is 5.91. The van der Waals surface area contributed by atoms with Gasteiger partial charge in [0, 0.05) is 30.4 Å². The summed E-state index contributed by atoms with van der Waals surface area (Å²) in [6.07, 6.45) is 13.9. The van der Waals surface area contributed by atoms with Gasteiger partial charge in [0.2, 0.25) is 5.95 Å². The lowest BCUT2D eigenvalue weighted by molar-refractivity contribution is 0.809. The molecule has 2 aromatic rings. The van der Waals surface area contributed by atoms with Crippen LogP contribution in [-0.2, 0) is 0 Å². The third kappa shape index (κ3) is 3.22. The van der Waals surface area contributed by atoms with Crippen molar-refractivity contribution in [3.63, 3.8) is 0 Å². The first-order valence-corrected chi connectivity index (χ1v) is 5.51. The molecule has 0 aliphatic rings. The molecule has 0 aliphatic heterocycles. The molecular weight excluding hydrogens is 214 g/mol. The first kappa shape index (κ1) is 11.5. The quantitative estimate of drug-likeness (QED) is 0.785. The summed E-state index contributed by atoms with van der Waals surface area (Å²) in [4.78, 5) is 12.5. The molecule has 5 heteroatoms. The maximum absolute atomic E-state index is 4.27. The molecule has 0 spiro atoms. The Kier molecular flexibility index (Phi) is 3.99. The van der Waals surface area contributed by atoms with E-state index in [1.54, 1.807) is 29.5 Å². The van der Waals surface area contributed by atoms with E-state index in [-0.39, 0.29) is 0 Å². The fraction of sp³-hybridized carbons (Fsp3) is 0.250. The summed E-state index contributed by atoms with van der Waals surface area (Å²) >= 11 is 0. The maximum Gasteiger partial charge on any atom is 0.234 e. The average molecular weight is 229 g/mol. The fourth-order valence-electron chi connectivity index (χ4n) is 1.38. The third-order valence-electron chi connectivity index (χ3n) is 2.26. The van der Waals surface area contributed by atoms with Crippen LogP contribution in [0.25, 0.3) is 12.0 Å². The monoisotopic (exact) mass is 229 g/mol. The third-order valence-corrected chi connectivity index (χ3v) is 2.26. The summed E-state index contributed by atoms with van der Waals surface area (Å²) in [6, 6.07) is 0. The molecule has 0 unspecified atom stereocenters. The minimum Gasteiger partial charge on any atom is -0.319 e. The molecule has 0 saturated heterocycles. The van der Waals surface area contributed by atoms with Gasteiger partial charge in [-0.25, -0.2) is 15.0 Å². The van der Waals surface area contributed by atoms with Gasteiger partial charge in [-0.2, -0.15) is 0 Å². The van der Waals surface area contributed by atoms with E-state index in [9.17, 15) is 0 Å². The minimum atomic E-state index is 0.634. The SMILES string of the molecule is CNCCC=Cc1cnc(-n2ccnc2)nc1. The highest BCUT2D eigenvalue weighted by Crippen LogP contribution is 2.03. The summed E-state index contributed by atoms with van der Waals surface area (Å²) in [5.41, 5.74) is 1.00. The molecule has 0 radical (unpaired) electrons. The summed E-state index contributed by atoms with van der Waals surface area (Å²) in [5.74, 6) is 0.634. The molecule has 2 aromatic heterocycles. The van der Waals surface area contributed by atoms with Crippen molar-refractivity contribution in [3.8, 4) is 5.95 Å². The second-order valence-corrected chi connectivity index (χ2v) is 3.58. The molecule has 5 nitrogen and oxygen atoms in total. The van der Waals surface area contributed by atoms with Gasteiger partial charge in [-0.3, -0.25) is 4.57 Å². The van der Waals surface area contributed by atoms with Crippen LogP contribution in [-0.4, -0.2) is 33.1 Å². The van der Waals surface area contributed by atoms with Gasteiger partial charge in [-0.1, -0.05) is 12.2 Å². The zero-order valence-electron chi connectivity index (χ0n) is 9.74. The first-order valence-electron chi connectivity index (χ1n) is 5.51. The van der Waals surface area contributed by atoms with Gasteiger partial charge in [-0.05, 0) is 20.0 Å². The number of hydrogen-bond donors (Lipinski definition) is 1. The van der Waals surface area contributed by atoms with Gasteiger partial charge in [0.15, 0.2) is 0 Å². The normalized spacial score (nSPS) is 11.1. The Bertz CT molecular complexity index is 458. The molecule has 0 aliphatic carbocycles. The Balaban J connectivity index is 2.01. The number of imidazole rings is 1. The van der Waals surface area contributed by atoms with Crippen molar-refractivity contribution < 1.29 is 0 Å². The first-order chi connectivity index (χ1) is 8.40. The van der Waals surface area contributed by atoms with Crippen LogP contribution < -0.4 is 5.32 Å². The van der Waals surface area contributed by atoms with E-state index >= 15 is 0 Å². The minimum absolute atomic E-state index is 0.634. The summed E-state index contributed by atoms with van der Waals surface area (Å²) < 4.78 is 1.77. The van der Waals surface area contributed by atoms with Crippen molar-refractivity contribution in [1.29, 1.82) is 0 Å². The predicted octanol–water partition coefficient (Wildman–Crippen LogP) is 1.29. The highest BCUT2D eigenvalue weighted by molar-refractivity contribution is 5.46. The lowest BCUT2D eigenvalue weighted by Crippen LogP contribution is -2.05. The highest BCUT2D eigenvalue weighted by Gasteiger charge is 1.97. The Hall–Kier alpha value is -2.01. The topological polar surface area (TPSA) is 55.6 Å². The van der Waals surface area contributed by atoms with Crippen LogP contribution in [0, 0.1) is 0 Å². The molecule has 2 rings (SSSR count). The van der Waals surface area contributed by atoms with Gasteiger partial charge in [0.05, 0.1) is 0 Å². The van der Waals surface area contributed by atoms with Crippen molar-refractivity contribution in [1.82, 2.24) is 24.8 Å². The Labute approximate surface area is 100 Å². The average Bonchev–Trinajstić information content (AvgIpc) is 2.89. The van der Waals surface area contributed by atoms with E-state index in [2.05, 4.69) is 26.3 Å². The predicted molar refractivity (Wildman–Crippen MR) is 66.7 cm³/mol. The lowest BCUT2D eigenvalue weighted by atomic mass is 10.3. The van der Waals surface area contributed by atoms with Crippen molar-refractivity contribution in [2.45, 2.75) is 6.42 Å². The van der Waals surface area contributed by atoms with E-state index in [0.29, 0.717) is 5.95 Å². The number of aromatic nitrogens is 4. The lowest BCUT2D eigenvalue weighted by Gasteiger charge is -1.99. The van der Waals surface area contributed by atoms with Gasteiger partial charge in [-0.15, -0.1) is 0 Å². The molecule has 0 saturated carbocycles. The molecule has 17 heavy (non-hydrogen) atoms. The number of nitrogens with zero attached hydrogens (tertiary/aromatic N) is 4. The van der Waals surface area contributed by atoms with Crippen molar-refractivity contribution in [3.05, 3.63) is 42.8 Å². The highest BCUT2D eigenvalue weighted by atomic mass is 15.2. The smallest absolute Gasteiger partial charge is 0.234 e. The largest absolute Gasteiger partial charge is 0.319 e. The number of nitrogens with one attached hydrogen (secondary N) is 1. The van der Waals surface area contributed by atoms with E-state index in [1.807, 2.05) is 19.3 Å². The maximum atomic E-state index is 4.27. The van der Waals surface area contributed by atoms with E-state index in [4.69, 9.17) is 0 Å². The van der Waals surface area contributed by atoms with Crippen molar-refractivity contribution >= 4 is 6.08 Å². The second-order valence-electron chi connectivity index (χ2n) is 3.58. The Morgan fingerprint density at radius 2 is 2.18 bits per heavy atom. The molecular formula is C12H15N5. The molecule has 88 valence electrons. The van der Waals surface area contributed by atoms with Crippen LogP contribution in [0.3, 0.4) is 0 Å². The van der Waals surface area contributed by atoms with Crippen LogP contribution in [0.1, 0.15) is 12.0 Å². The zero-order valence-corrected chi connectivity index (χ0v) is 9.74. The van der Waals surface area contributed by atoms with Crippen LogP contribution >= 0.6 is 0 Å². The van der Waals surface area contributed by atoms with Gasteiger partial charge >= 0.3 is 0 Å². The Morgan fingerprint density at radius 1 is 1.35 bits per heavy atom. The standard InChI is InChI=1S/C12H15N5/c1-13-5-3-2-4-11-8-15-12(16-9-11)17-7-6-14-10-17/h2,4,6-10,13H,3,5H2,1H3. The molecule has 0 atom stereocenters. The molecule has 0 amide bonds. The van der Waals surface area contributed by atoms with Crippen LogP contribution in [0.2, 0.25) is 0 Å². The van der Waals surface area contributed by atoms with Crippen LogP contribution in [0.5, 0.6) is 0 Å². The fourth-order valence-corrected chi connectivity index (χ4v) is 1.38. The van der Waals surface area contributed by atoms with Gasteiger partial charge in [0.25, 0.3) is 0 Å². The van der Waals surface area contributed by atoms with Gasteiger partial charge < -0.3 is 5.32 Å². The van der Waals surface area contributed by atoms with Crippen molar-refractivity contribution in [2.24, 2.45) is 0 Å². The van der Waals surface area contributed by atoms with E-state index in [1.165, 1.54) is 0 Å². The number of rotatable bonds is 5. The summed E-state index contributed by atoms with van der Waals surface area (Å²) in [6.45, 7) is 0.977. The zero-order chi connectivity index (χ0) is 11.9. The summed E-state index contributed by atoms with van der Waals surface area (Å²) in [5, 5.41) is 3.09. The summed E-state index contributed by atoms with van der Waals surface area (Å²) in [7, 11) is 1.94.